The largest absolute Gasteiger partial charge is 0.364 e. The second-order valence-electron chi connectivity index (χ2n) is 10.4. The summed E-state index contributed by atoms with van der Waals surface area (Å²) < 4.78 is 1.94. The van der Waals surface area contributed by atoms with E-state index in [-0.39, 0.29) is 11.6 Å². The molecule has 9 heteroatoms. The number of imidazole rings is 1. The fraction of sp³-hybridized carbons (Fsp3) is 0.560. The van der Waals surface area contributed by atoms with E-state index in [0.29, 0.717) is 19.1 Å². The van der Waals surface area contributed by atoms with E-state index >= 15 is 0 Å². The number of nitrogens with one attached hydrogen (secondary N) is 2. The van der Waals surface area contributed by atoms with E-state index in [4.69, 9.17) is 10.1 Å². The number of nitrogens with zero attached hydrogens (tertiary/aromatic N) is 5. The quantitative estimate of drug-likeness (QED) is 0.558. The van der Waals surface area contributed by atoms with Crippen molar-refractivity contribution in [2.75, 3.05) is 36.4 Å². The molecule has 0 bridgehead atoms. The van der Waals surface area contributed by atoms with Crippen molar-refractivity contribution < 1.29 is 4.79 Å². The molecule has 0 radical (unpaired) electrons. The molecule has 2 fully saturated rings. The molecule has 8 nitrogen and oxygen atoms in total. The van der Waals surface area contributed by atoms with E-state index in [0.717, 1.165) is 53.1 Å². The van der Waals surface area contributed by atoms with Gasteiger partial charge in [-0.25, -0.2) is 9.78 Å². The lowest BCUT2D eigenvalue weighted by atomic mass is 9.96. The first-order valence-electron chi connectivity index (χ1n) is 12.4. The van der Waals surface area contributed by atoms with E-state index in [1.807, 2.05) is 27.6 Å². The van der Waals surface area contributed by atoms with Gasteiger partial charge in [0.2, 0.25) is 10.1 Å². The van der Waals surface area contributed by atoms with Gasteiger partial charge in [-0.1, -0.05) is 60.9 Å². The van der Waals surface area contributed by atoms with E-state index in [1.54, 1.807) is 11.3 Å². The number of amides is 2. The maximum atomic E-state index is 12.7. The highest BCUT2D eigenvalue weighted by Gasteiger charge is 2.27. The highest BCUT2D eigenvalue weighted by Crippen LogP contribution is 2.35. The van der Waals surface area contributed by atoms with Crippen LogP contribution in [0.2, 0.25) is 0 Å². The third kappa shape index (κ3) is 4.99. The fourth-order valence-electron chi connectivity index (χ4n) is 4.74. The lowest BCUT2D eigenvalue weighted by Crippen LogP contribution is -2.53. The van der Waals surface area contributed by atoms with Crippen LogP contribution >= 0.6 is 11.3 Å². The number of fused-ring (bicyclic) bond motifs is 1. The standard InChI is InChI=1S/C25H35N7OS/c1-25(2,3)28-21-20(18-10-6-4-7-11-18)27-23-32(21)29-24(34-23)31-16-14-30(15-17-31)22(33)26-19-12-8-5-9-13-19/h4,6-7,10-11,19,28H,5,8-9,12-17H2,1-3H3,(H,26,33). The average molecular weight is 482 g/mol. The van der Waals surface area contributed by atoms with Gasteiger partial charge in [-0.3, -0.25) is 0 Å². The third-order valence-corrected chi connectivity index (χ3v) is 7.47. The molecule has 1 saturated carbocycles. The first kappa shape index (κ1) is 23.0. The van der Waals surface area contributed by atoms with Gasteiger partial charge in [0.25, 0.3) is 0 Å². The summed E-state index contributed by atoms with van der Waals surface area (Å²) in [7, 11) is 0. The molecule has 0 atom stereocenters. The van der Waals surface area contributed by atoms with Gasteiger partial charge in [0, 0.05) is 43.3 Å². The Balaban J connectivity index is 1.30. The maximum Gasteiger partial charge on any atom is 0.317 e. The van der Waals surface area contributed by atoms with Crippen molar-refractivity contribution in [3.63, 3.8) is 0 Å². The monoisotopic (exact) mass is 481 g/mol. The predicted molar refractivity (Wildman–Crippen MR) is 139 cm³/mol. The minimum atomic E-state index is -0.124. The van der Waals surface area contributed by atoms with Crippen LogP contribution in [-0.4, -0.2) is 63.3 Å². The number of anilines is 2. The summed E-state index contributed by atoms with van der Waals surface area (Å²) in [5.41, 5.74) is 1.87. The normalized spacial score (nSPS) is 17.9. The van der Waals surface area contributed by atoms with E-state index in [9.17, 15) is 4.79 Å². The summed E-state index contributed by atoms with van der Waals surface area (Å²) in [6.45, 7) is 9.42. The molecule has 1 saturated heterocycles. The number of hydrogen-bond donors (Lipinski definition) is 2. The first-order chi connectivity index (χ1) is 16.4. The molecule has 5 rings (SSSR count). The van der Waals surface area contributed by atoms with Crippen LogP contribution in [0.25, 0.3) is 16.2 Å². The molecular weight excluding hydrogens is 446 g/mol. The number of piperazine rings is 1. The molecule has 182 valence electrons. The third-order valence-electron chi connectivity index (χ3n) is 6.50. The van der Waals surface area contributed by atoms with Crippen LogP contribution in [-0.2, 0) is 0 Å². The van der Waals surface area contributed by atoms with Gasteiger partial charge >= 0.3 is 6.03 Å². The Hall–Kier alpha value is -2.81. The number of carbonyl (C=O) groups excluding carboxylic acids is 1. The van der Waals surface area contributed by atoms with Gasteiger partial charge in [0.05, 0.1) is 0 Å². The van der Waals surface area contributed by atoms with Crippen LogP contribution in [0.15, 0.2) is 30.3 Å². The highest BCUT2D eigenvalue weighted by atomic mass is 32.1. The van der Waals surface area contributed by atoms with Gasteiger partial charge in [-0.05, 0) is 33.6 Å². The zero-order valence-corrected chi connectivity index (χ0v) is 21.2. The highest BCUT2D eigenvalue weighted by molar-refractivity contribution is 7.20. The van der Waals surface area contributed by atoms with Gasteiger partial charge in [0.1, 0.15) is 5.69 Å². The SMILES string of the molecule is CC(C)(C)Nc1c(-c2ccccc2)nc2sc(N3CCN(C(=O)NC4CCCCC4)CC3)nn12. The molecule has 0 unspecified atom stereocenters. The zero-order valence-electron chi connectivity index (χ0n) is 20.4. The fourth-order valence-corrected chi connectivity index (χ4v) is 5.70. The Kier molecular flexibility index (Phi) is 6.38. The molecule has 3 aromatic rings. The van der Waals surface area contributed by atoms with Gasteiger partial charge in [-0.2, -0.15) is 4.52 Å². The minimum absolute atomic E-state index is 0.0876. The van der Waals surface area contributed by atoms with Crippen molar-refractivity contribution in [3.8, 4) is 11.3 Å². The Morgan fingerprint density at radius 2 is 1.74 bits per heavy atom. The molecule has 1 aromatic carbocycles. The summed E-state index contributed by atoms with van der Waals surface area (Å²) in [5, 5.41) is 12.8. The molecule has 34 heavy (non-hydrogen) atoms. The Bertz CT molecular complexity index is 1120. The molecule has 2 aliphatic rings. The van der Waals surface area contributed by atoms with Crippen molar-refractivity contribution in [1.29, 1.82) is 0 Å². The van der Waals surface area contributed by atoms with Crippen molar-refractivity contribution >= 4 is 33.3 Å². The first-order valence-corrected chi connectivity index (χ1v) is 13.2. The summed E-state index contributed by atoms with van der Waals surface area (Å²) in [6, 6.07) is 10.7. The molecule has 2 amide bonds. The van der Waals surface area contributed by atoms with Crippen molar-refractivity contribution in [2.45, 2.75) is 64.5 Å². The zero-order chi connectivity index (χ0) is 23.7. The smallest absolute Gasteiger partial charge is 0.317 e. The number of benzene rings is 1. The van der Waals surface area contributed by atoms with Crippen LogP contribution in [0.3, 0.4) is 0 Å². The summed E-state index contributed by atoms with van der Waals surface area (Å²) in [6.07, 6.45) is 5.97. The molecule has 3 heterocycles. The Morgan fingerprint density at radius 1 is 1.03 bits per heavy atom. The molecule has 2 N–H and O–H groups in total. The van der Waals surface area contributed by atoms with Crippen molar-refractivity contribution in [3.05, 3.63) is 30.3 Å². The number of urea groups is 1. The van der Waals surface area contributed by atoms with Crippen LogP contribution in [0.4, 0.5) is 15.7 Å². The van der Waals surface area contributed by atoms with Gasteiger partial charge < -0.3 is 20.4 Å². The van der Waals surface area contributed by atoms with Crippen LogP contribution in [0.5, 0.6) is 0 Å². The molecule has 1 aliphatic carbocycles. The number of hydrogen-bond acceptors (Lipinski definition) is 6. The predicted octanol–water partition coefficient (Wildman–Crippen LogP) is 4.83. The van der Waals surface area contributed by atoms with Crippen molar-refractivity contribution in [1.82, 2.24) is 24.8 Å². The van der Waals surface area contributed by atoms with E-state index in [2.05, 4.69) is 48.4 Å². The van der Waals surface area contributed by atoms with Gasteiger partial charge in [0.15, 0.2) is 5.82 Å². The summed E-state index contributed by atoms with van der Waals surface area (Å²) in [5.74, 6) is 0.918. The number of aromatic nitrogens is 3. The van der Waals surface area contributed by atoms with E-state index in [1.165, 1.54) is 19.3 Å². The Morgan fingerprint density at radius 3 is 2.41 bits per heavy atom. The number of carbonyl (C=O) groups is 1. The second kappa shape index (κ2) is 9.44. The Labute approximate surface area is 205 Å². The van der Waals surface area contributed by atoms with Crippen LogP contribution in [0, 0.1) is 0 Å². The summed E-state index contributed by atoms with van der Waals surface area (Å²) in [4.78, 5) is 22.8. The molecular formula is C25H35N7OS. The lowest BCUT2D eigenvalue weighted by molar-refractivity contribution is 0.186. The lowest BCUT2D eigenvalue weighted by Gasteiger charge is -2.35. The minimum Gasteiger partial charge on any atom is -0.364 e. The molecule has 1 aliphatic heterocycles. The second-order valence-corrected chi connectivity index (χ2v) is 11.3. The van der Waals surface area contributed by atoms with E-state index < -0.39 is 0 Å². The number of rotatable bonds is 4. The summed E-state index contributed by atoms with van der Waals surface area (Å²) >= 11 is 1.61. The van der Waals surface area contributed by atoms with Crippen LogP contribution in [0.1, 0.15) is 52.9 Å². The molecule has 0 spiro atoms. The topological polar surface area (TPSA) is 77.8 Å². The molecule has 2 aromatic heterocycles. The van der Waals surface area contributed by atoms with Crippen LogP contribution < -0.4 is 15.5 Å². The average Bonchev–Trinajstić information content (AvgIpc) is 3.39. The maximum absolute atomic E-state index is 12.7. The van der Waals surface area contributed by atoms with Crippen molar-refractivity contribution in [2.24, 2.45) is 0 Å². The van der Waals surface area contributed by atoms with Gasteiger partial charge in [-0.15, -0.1) is 5.10 Å².